The Hall–Kier alpha value is -1.95. The van der Waals surface area contributed by atoms with Crippen LogP contribution in [0, 0.1) is 0 Å². The normalized spacial score (nSPS) is 26.8. The van der Waals surface area contributed by atoms with E-state index in [1.807, 2.05) is 24.3 Å². The molecule has 2 aromatic carbocycles. The van der Waals surface area contributed by atoms with Crippen molar-refractivity contribution in [1.82, 2.24) is 9.88 Å². The average Bonchev–Trinajstić information content (AvgIpc) is 2.71. The molecule has 1 aliphatic carbocycles. The van der Waals surface area contributed by atoms with Crippen molar-refractivity contribution >= 4 is 26.8 Å². The molecule has 1 saturated heterocycles. The smallest absolute Gasteiger partial charge is 0.119 e. The molecule has 2 heterocycles. The Morgan fingerprint density at radius 1 is 1.14 bits per heavy atom. The predicted octanol–water partition coefficient (Wildman–Crippen LogP) is 4.11. The highest BCUT2D eigenvalue weighted by Gasteiger charge is 2.57. The molecule has 4 nitrogen and oxygen atoms in total. The van der Waals surface area contributed by atoms with Crippen LogP contribution in [0.2, 0.25) is 0 Å². The lowest BCUT2D eigenvalue weighted by Gasteiger charge is -2.56. The summed E-state index contributed by atoms with van der Waals surface area (Å²) in [5, 5.41) is 13.2. The number of fused-ring (bicyclic) bond motifs is 3. The van der Waals surface area contributed by atoms with Crippen LogP contribution in [0.15, 0.2) is 53.0 Å². The number of aliphatic hydroxyl groups is 1. The van der Waals surface area contributed by atoms with E-state index in [2.05, 4.69) is 52.1 Å². The van der Waals surface area contributed by atoms with E-state index in [9.17, 15) is 5.11 Å². The molecule has 1 aromatic heterocycles. The number of piperidine rings is 1. The van der Waals surface area contributed by atoms with E-state index in [0.717, 1.165) is 57.3 Å². The highest BCUT2D eigenvalue weighted by Crippen LogP contribution is 2.50. The molecule has 5 rings (SSSR count). The monoisotopic (exact) mass is 452 g/mol. The molecule has 1 N–H and O–H groups in total. The molecule has 2 atom stereocenters. The largest absolute Gasteiger partial charge is 0.497 e. The molecule has 0 amide bonds. The van der Waals surface area contributed by atoms with Gasteiger partial charge in [-0.2, -0.15) is 0 Å². The van der Waals surface area contributed by atoms with Gasteiger partial charge in [-0.25, -0.2) is 0 Å². The molecule has 3 aromatic rings. The first-order valence-electron chi connectivity index (χ1n) is 10.1. The van der Waals surface area contributed by atoms with Gasteiger partial charge in [0.2, 0.25) is 0 Å². The maximum atomic E-state index is 12.1. The summed E-state index contributed by atoms with van der Waals surface area (Å²) in [6.07, 6.45) is 2.24. The van der Waals surface area contributed by atoms with Crippen molar-refractivity contribution < 1.29 is 9.84 Å². The van der Waals surface area contributed by atoms with Gasteiger partial charge in [0.05, 0.1) is 18.2 Å². The van der Waals surface area contributed by atoms with Gasteiger partial charge in [0.25, 0.3) is 0 Å². The zero-order valence-corrected chi connectivity index (χ0v) is 18.4. The van der Waals surface area contributed by atoms with Crippen molar-refractivity contribution in [3.05, 3.63) is 69.8 Å². The topological polar surface area (TPSA) is 45.6 Å². The fourth-order valence-electron chi connectivity index (χ4n) is 5.35. The first-order valence-corrected chi connectivity index (χ1v) is 10.9. The quantitative estimate of drug-likeness (QED) is 0.635. The number of hydrogen-bond acceptors (Lipinski definition) is 4. The lowest BCUT2D eigenvalue weighted by Crippen LogP contribution is -2.66. The number of aromatic nitrogens is 1. The second-order valence-electron chi connectivity index (χ2n) is 8.59. The second kappa shape index (κ2) is 6.79. The second-order valence-corrected chi connectivity index (χ2v) is 9.44. The van der Waals surface area contributed by atoms with Crippen molar-refractivity contribution in [2.75, 3.05) is 27.2 Å². The molecule has 29 heavy (non-hydrogen) atoms. The number of rotatable bonds is 2. The highest BCUT2D eigenvalue weighted by molar-refractivity contribution is 9.10. The molecule has 1 fully saturated rings. The zero-order valence-electron chi connectivity index (χ0n) is 16.8. The Balaban J connectivity index is 1.71. The number of ether oxygens (including phenoxy) is 1. The van der Waals surface area contributed by atoms with E-state index in [1.165, 1.54) is 0 Å². The number of β-amino-alcohol motifs (C(OH)–C–C–N with tert-alkyl or cyclic N) is 1. The number of hydrogen-bond donors (Lipinski definition) is 1. The number of nitrogens with zero attached hydrogens (tertiary/aromatic N) is 2. The van der Waals surface area contributed by atoms with Crippen LogP contribution in [0.1, 0.15) is 23.2 Å². The third-order valence-corrected chi connectivity index (χ3v) is 7.58. The number of pyridine rings is 1. The first kappa shape index (κ1) is 19.0. The third-order valence-electron chi connectivity index (χ3n) is 6.89. The molecule has 150 valence electrons. The Kier molecular flexibility index (Phi) is 4.46. The average molecular weight is 453 g/mol. The van der Waals surface area contributed by atoms with Crippen LogP contribution >= 0.6 is 15.9 Å². The summed E-state index contributed by atoms with van der Waals surface area (Å²) in [5.41, 5.74) is 3.18. The molecule has 0 radical (unpaired) electrons. The van der Waals surface area contributed by atoms with Gasteiger partial charge in [-0.15, -0.1) is 0 Å². The van der Waals surface area contributed by atoms with E-state index in [-0.39, 0.29) is 5.41 Å². The maximum Gasteiger partial charge on any atom is 0.119 e. The summed E-state index contributed by atoms with van der Waals surface area (Å²) in [6.45, 7) is 1.60. The van der Waals surface area contributed by atoms with E-state index < -0.39 is 5.60 Å². The molecule has 0 bridgehead atoms. The van der Waals surface area contributed by atoms with E-state index in [4.69, 9.17) is 9.72 Å². The fraction of sp³-hybridized carbons (Fsp3) is 0.375. The summed E-state index contributed by atoms with van der Waals surface area (Å²) in [5.74, 6) is 0.833. The van der Waals surface area contributed by atoms with Gasteiger partial charge in [-0.1, -0.05) is 34.1 Å². The minimum Gasteiger partial charge on any atom is -0.497 e. The zero-order chi connectivity index (χ0) is 20.2. The maximum absolute atomic E-state index is 12.1. The number of methoxy groups -OCH3 is 1. The van der Waals surface area contributed by atoms with E-state index >= 15 is 0 Å². The molecular formula is C24H25BrN2O2. The Morgan fingerprint density at radius 2 is 1.97 bits per heavy atom. The summed E-state index contributed by atoms with van der Waals surface area (Å²) in [6, 6.07) is 16.6. The van der Waals surface area contributed by atoms with Crippen LogP contribution in [0.5, 0.6) is 5.75 Å². The molecule has 0 saturated carbocycles. The van der Waals surface area contributed by atoms with Gasteiger partial charge in [0, 0.05) is 40.4 Å². The van der Waals surface area contributed by atoms with Gasteiger partial charge in [-0.05, 0) is 61.5 Å². The van der Waals surface area contributed by atoms with Crippen molar-refractivity contribution in [3.8, 4) is 5.75 Å². The number of likely N-dealkylation sites (tertiary alicyclic amines) is 1. The van der Waals surface area contributed by atoms with Gasteiger partial charge in [-0.3, -0.25) is 4.98 Å². The van der Waals surface area contributed by atoms with E-state index in [1.54, 1.807) is 7.11 Å². The fourth-order valence-corrected chi connectivity index (χ4v) is 5.82. The van der Waals surface area contributed by atoms with Crippen LogP contribution in [-0.4, -0.2) is 47.8 Å². The number of likely N-dealkylation sites (N-methyl/N-ethyl adjacent to an activating group) is 1. The number of benzene rings is 2. The van der Waals surface area contributed by atoms with Crippen molar-refractivity contribution in [3.63, 3.8) is 0 Å². The van der Waals surface area contributed by atoms with Crippen LogP contribution in [0.25, 0.3) is 10.9 Å². The first-order chi connectivity index (χ1) is 13.9. The predicted molar refractivity (Wildman–Crippen MR) is 119 cm³/mol. The standard InChI is InChI=1S/C24H25BrN2O2/c1-27-10-9-23(17-5-3-6-18(12-17)29-2)14-22-16(13-24(23,28)15-27)11-19-20(25)7-4-8-21(19)26-22/h3-8,11-12,28H,9-10,13-15H2,1-2H3/t23-,24-/m0/s1. The van der Waals surface area contributed by atoms with Crippen LogP contribution < -0.4 is 4.74 Å². The Bertz CT molecular complexity index is 1100. The van der Waals surface area contributed by atoms with E-state index in [0.29, 0.717) is 13.0 Å². The molecule has 5 heteroatoms. The van der Waals surface area contributed by atoms with Crippen LogP contribution in [0.4, 0.5) is 0 Å². The van der Waals surface area contributed by atoms with Gasteiger partial charge in [0.1, 0.15) is 5.75 Å². The molecule has 0 spiro atoms. The molecule has 1 aliphatic heterocycles. The highest BCUT2D eigenvalue weighted by atomic mass is 79.9. The lowest BCUT2D eigenvalue weighted by atomic mass is 9.56. The minimum absolute atomic E-state index is 0.367. The molecular weight excluding hydrogens is 428 g/mol. The molecule has 2 aliphatic rings. The van der Waals surface area contributed by atoms with Crippen molar-refractivity contribution in [2.24, 2.45) is 0 Å². The number of halogens is 1. The van der Waals surface area contributed by atoms with Crippen LogP contribution in [-0.2, 0) is 18.3 Å². The Morgan fingerprint density at radius 3 is 2.79 bits per heavy atom. The molecule has 0 unspecified atom stereocenters. The SMILES string of the molecule is COc1cccc([C@@]23CCN(C)C[C@@]2(O)Cc2cc4c(Br)cccc4nc2C3)c1. The van der Waals surface area contributed by atoms with Gasteiger partial charge >= 0.3 is 0 Å². The summed E-state index contributed by atoms with van der Waals surface area (Å²) < 4.78 is 6.55. The summed E-state index contributed by atoms with van der Waals surface area (Å²) in [4.78, 5) is 7.29. The Labute approximate surface area is 179 Å². The third kappa shape index (κ3) is 2.90. The van der Waals surface area contributed by atoms with Gasteiger partial charge in [0.15, 0.2) is 0 Å². The summed E-state index contributed by atoms with van der Waals surface area (Å²) in [7, 11) is 3.79. The summed E-state index contributed by atoms with van der Waals surface area (Å²) >= 11 is 3.66. The van der Waals surface area contributed by atoms with Crippen molar-refractivity contribution in [1.29, 1.82) is 0 Å². The minimum atomic E-state index is -0.851. The lowest BCUT2D eigenvalue weighted by molar-refractivity contribution is -0.0976. The van der Waals surface area contributed by atoms with Crippen molar-refractivity contribution in [2.45, 2.75) is 30.3 Å². The van der Waals surface area contributed by atoms with Gasteiger partial charge < -0.3 is 14.7 Å². The van der Waals surface area contributed by atoms with Crippen LogP contribution in [0.3, 0.4) is 0 Å².